The van der Waals surface area contributed by atoms with Gasteiger partial charge in [0.2, 0.25) is 0 Å². The standard InChI is InChI=1S/C25H29N3O/c1-16-8-7-9-21(10-16)27-24(29)20(15-26)12-19-13-22-18(3)14-25(4,5)28(6)23(22)11-17(19)2/h7-13,18H,14H2,1-6H3,(H,27,29)/b20-12-. The molecular weight excluding hydrogens is 358 g/mol. The number of amides is 1. The quantitative estimate of drug-likeness (QED) is 0.553. The van der Waals surface area contributed by atoms with Crippen LogP contribution in [0.1, 0.15) is 55.4 Å². The van der Waals surface area contributed by atoms with Crippen molar-refractivity contribution in [1.82, 2.24) is 0 Å². The fourth-order valence-electron chi connectivity index (χ4n) is 4.12. The zero-order chi connectivity index (χ0) is 21.3. The molecule has 4 heteroatoms. The van der Waals surface area contributed by atoms with Crippen molar-refractivity contribution in [2.75, 3.05) is 17.3 Å². The van der Waals surface area contributed by atoms with Gasteiger partial charge in [0.25, 0.3) is 5.91 Å². The molecule has 1 aliphatic rings. The van der Waals surface area contributed by atoms with Crippen molar-refractivity contribution >= 4 is 23.4 Å². The molecule has 29 heavy (non-hydrogen) atoms. The van der Waals surface area contributed by atoms with Crippen LogP contribution in [-0.2, 0) is 4.79 Å². The first-order chi connectivity index (χ1) is 13.6. The Bertz CT molecular complexity index is 1030. The molecule has 0 fully saturated rings. The maximum Gasteiger partial charge on any atom is 0.266 e. The van der Waals surface area contributed by atoms with Crippen LogP contribution in [0.4, 0.5) is 11.4 Å². The molecule has 1 aliphatic heterocycles. The molecule has 0 aromatic heterocycles. The van der Waals surface area contributed by atoms with E-state index in [2.05, 4.69) is 56.2 Å². The van der Waals surface area contributed by atoms with E-state index in [0.29, 0.717) is 11.6 Å². The van der Waals surface area contributed by atoms with Crippen molar-refractivity contribution in [1.29, 1.82) is 5.26 Å². The third-order valence-electron chi connectivity index (χ3n) is 5.96. The Labute approximate surface area is 173 Å². The van der Waals surface area contributed by atoms with E-state index in [1.54, 1.807) is 6.08 Å². The minimum Gasteiger partial charge on any atom is -0.369 e. The van der Waals surface area contributed by atoms with E-state index in [0.717, 1.165) is 23.1 Å². The molecule has 3 rings (SSSR count). The summed E-state index contributed by atoms with van der Waals surface area (Å²) in [7, 11) is 2.13. The molecule has 1 atom stereocenters. The Hall–Kier alpha value is -3.06. The van der Waals surface area contributed by atoms with Crippen LogP contribution < -0.4 is 10.2 Å². The molecule has 0 saturated heterocycles. The number of carbonyl (C=O) groups is 1. The Kier molecular flexibility index (Phi) is 5.53. The van der Waals surface area contributed by atoms with Gasteiger partial charge in [-0.25, -0.2) is 0 Å². The van der Waals surface area contributed by atoms with Gasteiger partial charge in [0, 0.05) is 24.0 Å². The monoisotopic (exact) mass is 387 g/mol. The van der Waals surface area contributed by atoms with Crippen molar-refractivity contribution in [3.05, 3.63) is 64.2 Å². The highest BCUT2D eigenvalue weighted by molar-refractivity contribution is 6.09. The molecule has 0 bridgehead atoms. The van der Waals surface area contributed by atoms with Gasteiger partial charge in [-0.15, -0.1) is 0 Å². The van der Waals surface area contributed by atoms with Crippen molar-refractivity contribution in [3.8, 4) is 6.07 Å². The van der Waals surface area contributed by atoms with Gasteiger partial charge < -0.3 is 10.2 Å². The minimum absolute atomic E-state index is 0.0989. The van der Waals surface area contributed by atoms with Crippen molar-refractivity contribution in [3.63, 3.8) is 0 Å². The second-order valence-corrected chi connectivity index (χ2v) is 8.74. The molecule has 0 radical (unpaired) electrons. The minimum atomic E-state index is -0.387. The van der Waals surface area contributed by atoms with Gasteiger partial charge in [0.1, 0.15) is 11.6 Å². The van der Waals surface area contributed by atoms with Crippen LogP contribution >= 0.6 is 0 Å². The highest BCUT2D eigenvalue weighted by Gasteiger charge is 2.34. The van der Waals surface area contributed by atoms with Gasteiger partial charge in [-0.3, -0.25) is 4.79 Å². The number of anilines is 2. The van der Waals surface area contributed by atoms with Gasteiger partial charge >= 0.3 is 0 Å². The maximum absolute atomic E-state index is 12.7. The summed E-state index contributed by atoms with van der Waals surface area (Å²) in [6.45, 7) is 10.8. The second kappa shape index (κ2) is 7.75. The maximum atomic E-state index is 12.7. The molecule has 2 aromatic carbocycles. The summed E-state index contributed by atoms with van der Waals surface area (Å²) >= 11 is 0. The van der Waals surface area contributed by atoms with Gasteiger partial charge in [-0.2, -0.15) is 5.26 Å². The number of hydrogen-bond acceptors (Lipinski definition) is 3. The third kappa shape index (κ3) is 4.19. The first-order valence-corrected chi connectivity index (χ1v) is 10.0. The number of rotatable bonds is 3. The number of hydrogen-bond donors (Lipinski definition) is 1. The van der Waals surface area contributed by atoms with E-state index >= 15 is 0 Å². The molecule has 4 nitrogen and oxygen atoms in total. The van der Waals surface area contributed by atoms with Gasteiger partial charge in [-0.1, -0.05) is 19.1 Å². The summed E-state index contributed by atoms with van der Waals surface area (Å²) in [5.41, 5.74) is 6.41. The smallest absolute Gasteiger partial charge is 0.266 e. The predicted octanol–water partition coefficient (Wildman–Crippen LogP) is 5.57. The van der Waals surface area contributed by atoms with E-state index in [1.165, 1.54) is 11.3 Å². The summed E-state index contributed by atoms with van der Waals surface area (Å²) in [6.07, 6.45) is 2.76. The van der Waals surface area contributed by atoms with Crippen LogP contribution in [-0.4, -0.2) is 18.5 Å². The average Bonchev–Trinajstić information content (AvgIpc) is 2.64. The van der Waals surface area contributed by atoms with Crippen molar-refractivity contribution < 1.29 is 4.79 Å². The lowest BCUT2D eigenvalue weighted by atomic mass is 9.79. The van der Waals surface area contributed by atoms with E-state index in [9.17, 15) is 10.1 Å². The molecule has 0 saturated carbocycles. The molecule has 1 unspecified atom stereocenters. The predicted molar refractivity (Wildman–Crippen MR) is 120 cm³/mol. The lowest BCUT2D eigenvalue weighted by Gasteiger charge is -2.45. The second-order valence-electron chi connectivity index (χ2n) is 8.74. The Morgan fingerprint density at radius 1 is 1.28 bits per heavy atom. The normalized spacial score (nSPS) is 18.0. The van der Waals surface area contributed by atoms with Gasteiger partial charge in [0.05, 0.1) is 0 Å². The zero-order valence-corrected chi connectivity index (χ0v) is 18.1. The van der Waals surface area contributed by atoms with E-state index < -0.39 is 0 Å². The lowest BCUT2D eigenvalue weighted by molar-refractivity contribution is -0.112. The van der Waals surface area contributed by atoms with Crippen LogP contribution in [0.5, 0.6) is 0 Å². The summed E-state index contributed by atoms with van der Waals surface area (Å²) < 4.78 is 0. The summed E-state index contributed by atoms with van der Waals surface area (Å²) in [5.74, 6) is 0.0251. The van der Waals surface area contributed by atoms with Crippen molar-refractivity contribution in [2.45, 2.75) is 52.5 Å². The number of nitrogens with one attached hydrogen (secondary N) is 1. The number of fused-ring (bicyclic) bond motifs is 1. The van der Waals surface area contributed by atoms with Crippen LogP contribution in [0.25, 0.3) is 6.08 Å². The Morgan fingerprint density at radius 3 is 2.66 bits per heavy atom. The summed E-state index contributed by atoms with van der Waals surface area (Å²) in [4.78, 5) is 15.0. The number of nitriles is 1. The van der Waals surface area contributed by atoms with Crippen LogP contribution in [0.3, 0.4) is 0 Å². The fraction of sp³-hybridized carbons (Fsp3) is 0.360. The van der Waals surface area contributed by atoms with Crippen LogP contribution in [0.2, 0.25) is 0 Å². The summed E-state index contributed by atoms with van der Waals surface area (Å²) in [6, 6.07) is 13.9. The highest BCUT2D eigenvalue weighted by Crippen LogP contribution is 2.43. The fourth-order valence-corrected chi connectivity index (χ4v) is 4.12. The van der Waals surface area contributed by atoms with E-state index in [-0.39, 0.29) is 17.0 Å². The first kappa shape index (κ1) is 20.7. The largest absolute Gasteiger partial charge is 0.369 e. The van der Waals surface area contributed by atoms with E-state index in [1.807, 2.05) is 38.1 Å². The SMILES string of the molecule is Cc1cccc(NC(=O)/C(C#N)=C\c2cc3c(cc2C)N(C)C(C)(C)CC3C)c1. The first-order valence-electron chi connectivity index (χ1n) is 10.0. The topological polar surface area (TPSA) is 56.1 Å². The Balaban J connectivity index is 1.95. The number of nitrogens with zero attached hydrogens (tertiary/aromatic N) is 2. The zero-order valence-electron chi connectivity index (χ0n) is 18.1. The number of aryl methyl sites for hydroxylation is 2. The number of carbonyl (C=O) groups excluding carboxylic acids is 1. The lowest BCUT2D eigenvalue weighted by Crippen LogP contribution is -2.45. The third-order valence-corrected chi connectivity index (χ3v) is 5.96. The molecule has 150 valence electrons. The molecule has 1 N–H and O–H groups in total. The molecule has 0 spiro atoms. The van der Waals surface area contributed by atoms with Crippen LogP contribution in [0, 0.1) is 25.2 Å². The van der Waals surface area contributed by atoms with E-state index in [4.69, 9.17) is 0 Å². The average molecular weight is 388 g/mol. The van der Waals surface area contributed by atoms with Gasteiger partial charge in [-0.05, 0) is 92.6 Å². The number of benzene rings is 2. The molecule has 1 amide bonds. The molecule has 2 aromatic rings. The van der Waals surface area contributed by atoms with Gasteiger partial charge in [0.15, 0.2) is 0 Å². The molecular formula is C25H29N3O. The summed E-state index contributed by atoms with van der Waals surface area (Å²) in [5, 5.41) is 12.4. The van der Waals surface area contributed by atoms with Crippen molar-refractivity contribution in [2.24, 2.45) is 0 Å². The Morgan fingerprint density at radius 2 is 2.00 bits per heavy atom. The van der Waals surface area contributed by atoms with Crippen LogP contribution in [0.15, 0.2) is 42.0 Å². The molecule has 1 heterocycles. The molecule has 0 aliphatic carbocycles. The highest BCUT2D eigenvalue weighted by atomic mass is 16.1.